The smallest absolute Gasteiger partial charge is 0.241 e. The fourth-order valence-electron chi connectivity index (χ4n) is 1.62. The van der Waals surface area contributed by atoms with Crippen molar-refractivity contribution in [1.29, 1.82) is 0 Å². The molecule has 2 aromatic heterocycles. The normalized spacial score (nSPS) is 11.9. The minimum Gasteiger partial charge on any atom is -0.444 e. The highest BCUT2D eigenvalue weighted by Crippen LogP contribution is 2.19. The minimum atomic E-state index is -3.53. The van der Waals surface area contributed by atoms with E-state index < -0.39 is 10.0 Å². The van der Waals surface area contributed by atoms with E-state index in [1.54, 1.807) is 18.4 Å². The topological polar surface area (TPSA) is 84.2 Å². The van der Waals surface area contributed by atoms with Crippen molar-refractivity contribution < 1.29 is 12.8 Å². The third-order valence-corrected chi connectivity index (χ3v) is 5.24. The van der Waals surface area contributed by atoms with E-state index >= 15 is 0 Å². The van der Waals surface area contributed by atoms with Gasteiger partial charge in [-0.25, -0.2) is 18.1 Å². The van der Waals surface area contributed by atoms with Gasteiger partial charge in [0.25, 0.3) is 0 Å². The summed E-state index contributed by atoms with van der Waals surface area (Å²) >= 11 is 1.41. The first-order valence-electron chi connectivity index (χ1n) is 6.07. The van der Waals surface area contributed by atoms with Crippen LogP contribution in [0.3, 0.4) is 0 Å². The van der Waals surface area contributed by atoms with Crippen molar-refractivity contribution in [2.75, 3.05) is 7.05 Å². The van der Waals surface area contributed by atoms with E-state index in [2.05, 4.69) is 15.0 Å². The predicted octanol–water partition coefficient (Wildman–Crippen LogP) is 1.55. The zero-order valence-electron chi connectivity index (χ0n) is 11.6. The maximum atomic E-state index is 12.1. The highest BCUT2D eigenvalue weighted by molar-refractivity contribution is 7.89. The molecule has 2 N–H and O–H groups in total. The Balaban J connectivity index is 2.06. The van der Waals surface area contributed by atoms with Gasteiger partial charge in [0.2, 0.25) is 15.9 Å². The Hall–Kier alpha value is -1.22. The van der Waals surface area contributed by atoms with Crippen molar-refractivity contribution in [2.24, 2.45) is 0 Å². The van der Waals surface area contributed by atoms with E-state index in [-0.39, 0.29) is 11.4 Å². The third kappa shape index (κ3) is 3.45. The molecular weight excluding hydrogens is 298 g/mol. The van der Waals surface area contributed by atoms with Crippen LogP contribution in [-0.4, -0.2) is 20.4 Å². The molecular formula is C12H17N3O3S2. The van der Waals surface area contributed by atoms with Crippen LogP contribution in [0.25, 0.3) is 0 Å². The number of hydrogen-bond donors (Lipinski definition) is 2. The molecule has 6 nitrogen and oxygen atoms in total. The van der Waals surface area contributed by atoms with Crippen molar-refractivity contribution in [3.8, 4) is 0 Å². The molecule has 0 spiro atoms. The Morgan fingerprint density at radius 2 is 2.10 bits per heavy atom. The van der Waals surface area contributed by atoms with Gasteiger partial charge in [0.1, 0.15) is 5.76 Å². The van der Waals surface area contributed by atoms with E-state index in [1.165, 1.54) is 11.3 Å². The first-order chi connectivity index (χ1) is 9.42. The summed E-state index contributed by atoms with van der Waals surface area (Å²) < 4.78 is 32.1. The van der Waals surface area contributed by atoms with Crippen LogP contribution in [-0.2, 0) is 23.1 Å². The monoisotopic (exact) mass is 315 g/mol. The molecule has 0 bridgehead atoms. The summed E-state index contributed by atoms with van der Waals surface area (Å²) in [6.07, 6.45) is 0. The number of aryl methyl sites for hydroxylation is 2. The summed E-state index contributed by atoms with van der Waals surface area (Å²) in [7, 11) is -1.71. The average Bonchev–Trinajstić information content (AvgIpc) is 2.96. The van der Waals surface area contributed by atoms with Crippen LogP contribution in [0, 0.1) is 13.8 Å². The lowest BCUT2D eigenvalue weighted by Gasteiger charge is -2.02. The van der Waals surface area contributed by atoms with Crippen LogP contribution in [0.5, 0.6) is 0 Å². The zero-order valence-corrected chi connectivity index (χ0v) is 13.2. The highest BCUT2D eigenvalue weighted by atomic mass is 32.2. The minimum absolute atomic E-state index is 0.0498. The van der Waals surface area contributed by atoms with Crippen molar-refractivity contribution in [3.05, 3.63) is 33.7 Å². The molecule has 0 atom stereocenters. The highest BCUT2D eigenvalue weighted by Gasteiger charge is 2.17. The zero-order chi connectivity index (χ0) is 14.8. The Morgan fingerprint density at radius 3 is 2.70 bits per heavy atom. The number of oxazole rings is 1. The molecule has 0 unspecified atom stereocenters. The summed E-state index contributed by atoms with van der Waals surface area (Å²) in [6.45, 7) is 4.31. The number of hydrogen-bond acceptors (Lipinski definition) is 6. The maximum Gasteiger partial charge on any atom is 0.241 e. The van der Waals surface area contributed by atoms with Gasteiger partial charge < -0.3 is 9.73 Å². The molecule has 2 rings (SSSR count). The van der Waals surface area contributed by atoms with Crippen molar-refractivity contribution in [1.82, 2.24) is 15.0 Å². The first-order valence-corrected chi connectivity index (χ1v) is 8.43. The van der Waals surface area contributed by atoms with Crippen LogP contribution in [0.2, 0.25) is 0 Å². The largest absolute Gasteiger partial charge is 0.444 e. The SMILES string of the molecule is CNCc1cc(S(=O)(=O)NCc2nc(C)c(C)o2)cs1. The van der Waals surface area contributed by atoms with E-state index in [9.17, 15) is 8.42 Å². The average molecular weight is 315 g/mol. The third-order valence-electron chi connectivity index (χ3n) is 2.78. The Morgan fingerprint density at radius 1 is 1.35 bits per heavy atom. The summed E-state index contributed by atoms with van der Waals surface area (Å²) in [5, 5.41) is 4.61. The Labute approximate surface area is 122 Å². The summed E-state index contributed by atoms with van der Waals surface area (Å²) in [5.74, 6) is 1.07. The molecule has 0 saturated carbocycles. The molecule has 0 aliphatic rings. The molecule has 2 aromatic rings. The fraction of sp³-hybridized carbons (Fsp3) is 0.417. The molecule has 0 saturated heterocycles. The quantitative estimate of drug-likeness (QED) is 0.845. The van der Waals surface area contributed by atoms with E-state index in [0.717, 1.165) is 10.6 Å². The van der Waals surface area contributed by atoms with Gasteiger partial charge in [-0.15, -0.1) is 11.3 Å². The van der Waals surface area contributed by atoms with Crippen LogP contribution in [0.4, 0.5) is 0 Å². The van der Waals surface area contributed by atoms with Crippen molar-refractivity contribution in [3.63, 3.8) is 0 Å². The summed E-state index contributed by atoms with van der Waals surface area (Å²) in [6, 6.07) is 1.66. The molecule has 8 heteroatoms. The summed E-state index contributed by atoms with van der Waals surface area (Å²) in [5.41, 5.74) is 0.769. The Bertz CT molecular complexity index is 669. The van der Waals surface area contributed by atoms with Crippen LogP contribution in [0.1, 0.15) is 22.2 Å². The van der Waals surface area contributed by atoms with Gasteiger partial charge in [0.15, 0.2) is 0 Å². The Kier molecular flexibility index (Phi) is 4.59. The maximum absolute atomic E-state index is 12.1. The van der Waals surface area contributed by atoms with Gasteiger partial charge >= 0.3 is 0 Å². The molecule has 0 aromatic carbocycles. The van der Waals surface area contributed by atoms with Crippen LogP contribution >= 0.6 is 11.3 Å². The second kappa shape index (κ2) is 6.04. The number of sulfonamides is 1. The molecule has 0 aliphatic carbocycles. The van der Waals surface area contributed by atoms with Gasteiger partial charge in [0.05, 0.1) is 17.1 Å². The van der Waals surface area contributed by atoms with Gasteiger partial charge in [0, 0.05) is 16.8 Å². The number of nitrogens with zero attached hydrogens (tertiary/aromatic N) is 1. The first kappa shape index (κ1) is 15.2. The molecule has 0 fully saturated rings. The van der Waals surface area contributed by atoms with Crippen molar-refractivity contribution >= 4 is 21.4 Å². The molecule has 0 amide bonds. The van der Waals surface area contributed by atoms with E-state index in [1.807, 2.05) is 14.0 Å². The number of nitrogens with one attached hydrogen (secondary N) is 2. The number of rotatable bonds is 6. The molecule has 20 heavy (non-hydrogen) atoms. The lowest BCUT2D eigenvalue weighted by atomic mass is 10.4. The molecule has 0 aliphatic heterocycles. The van der Waals surface area contributed by atoms with Gasteiger partial charge in [-0.2, -0.15) is 0 Å². The molecule has 110 valence electrons. The molecule has 0 radical (unpaired) electrons. The lowest BCUT2D eigenvalue weighted by Crippen LogP contribution is -2.23. The van der Waals surface area contributed by atoms with Crippen LogP contribution in [0.15, 0.2) is 20.8 Å². The predicted molar refractivity (Wildman–Crippen MR) is 77.1 cm³/mol. The second-order valence-corrected chi connectivity index (χ2v) is 7.12. The van der Waals surface area contributed by atoms with Gasteiger partial charge in [-0.3, -0.25) is 0 Å². The fourth-order valence-corrected chi connectivity index (χ4v) is 3.88. The van der Waals surface area contributed by atoms with E-state index in [0.29, 0.717) is 18.2 Å². The van der Waals surface area contributed by atoms with E-state index in [4.69, 9.17) is 4.42 Å². The number of aromatic nitrogens is 1. The van der Waals surface area contributed by atoms with Gasteiger partial charge in [-0.1, -0.05) is 0 Å². The van der Waals surface area contributed by atoms with Crippen LogP contribution < -0.4 is 10.0 Å². The number of thiophene rings is 1. The summed E-state index contributed by atoms with van der Waals surface area (Å²) in [4.78, 5) is 5.38. The molecule has 2 heterocycles. The lowest BCUT2D eigenvalue weighted by molar-refractivity contribution is 0.463. The van der Waals surface area contributed by atoms with Gasteiger partial charge in [-0.05, 0) is 27.0 Å². The van der Waals surface area contributed by atoms with Crippen molar-refractivity contribution in [2.45, 2.75) is 31.8 Å². The standard InChI is InChI=1S/C12H17N3O3S2/c1-8-9(2)18-12(15-8)6-14-20(16,17)11-4-10(5-13-3)19-7-11/h4,7,13-14H,5-6H2,1-3H3. The second-order valence-electron chi connectivity index (χ2n) is 4.35.